The number of nitrogens with one attached hydrogen (secondary N) is 1. The van der Waals surface area contributed by atoms with E-state index in [9.17, 15) is 0 Å². The van der Waals surface area contributed by atoms with Crippen LogP contribution in [-0.4, -0.2) is 37.1 Å². The molecule has 1 aliphatic heterocycles. The van der Waals surface area contributed by atoms with E-state index in [0.29, 0.717) is 24.4 Å². The number of nitriles is 1. The minimum Gasteiger partial charge on any atom is -0.316 e. The van der Waals surface area contributed by atoms with Gasteiger partial charge in [0.25, 0.3) is 0 Å². The maximum atomic E-state index is 8.71. The maximum absolute atomic E-state index is 8.71. The molecule has 0 aromatic heterocycles. The summed E-state index contributed by atoms with van der Waals surface area (Å²) in [4.78, 5) is 2.46. The van der Waals surface area contributed by atoms with Gasteiger partial charge in [-0.3, -0.25) is 4.90 Å². The third-order valence-electron chi connectivity index (χ3n) is 3.08. The highest BCUT2D eigenvalue weighted by Crippen LogP contribution is 2.20. The first-order chi connectivity index (χ1) is 6.67. The van der Waals surface area contributed by atoms with Crippen LogP contribution in [0.3, 0.4) is 0 Å². The molecule has 0 radical (unpaired) electrons. The van der Waals surface area contributed by atoms with Crippen molar-refractivity contribution in [2.24, 2.45) is 5.92 Å². The summed E-state index contributed by atoms with van der Waals surface area (Å²) in [5.41, 5.74) is 0. The molecule has 1 rings (SSSR count). The standard InChI is InChI=1S/C11H21N3/c1-9(2)14-7-10(4-5-12)6-11(8-14)13-3/h9-11,13H,4,6-8H2,1-3H3/t10-,11-/m1/s1. The minimum absolute atomic E-state index is 0.550. The second-order valence-electron chi connectivity index (χ2n) is 4.50. The third-order valence-corrected chi connectivity index (χ3v) is 3.08. The number of nitrogens with zero attached hydrogens (tertiary/aromatic N) is 2. The van der Waals surface area contributed by atoms with Gasteiger partial charge in [0, 0.05) is 31.6 Å². The molecule has 0 amide bonds. The first-order valence-electron chi connectivity index (χ1n) is 5.45. The number of hydrogen-bond acceptors (Lipinski definition) is 3. The van der Waals surface area contributed by atoms with Crippen molar-refractivity contribution in [3.8, 4) is 6.07 Å². The molecule has 1 fully saturated rings. The van der Waals surface area contributed by atoms with Gasteiger partial charge in [-0.05, 0) is 33.2 Å². The molecule has 0 aromatic carbocycles. The van der Waals surface area contributed by atoms with Gasteiger partial charge in [-0.15, -0.1) is 0 Å². The summed E-state index contributed by atoms with van der Waals surface area (Å²) in [5.74, 6) is 0.550. The topological polar surface area (TPSA) is 39.1 Å². The number of likely N-dealkylation sites (N-methyl/N-ethyl adjacent to an activating group) is 1. The van der Waals surface area contributed by atoms with Crippen LogP contribution in [0.4, 0.5) is 0 Å². The van der Waals surface area contributed by atoms with E-state index in [-0.39, 0.29) is 0 Å². The third kappa shape index (κ3) is 2.97. The number of likely N-dealkylation sites (tertiary alicyclic amines) is 1. The smallest absolute Gasteiger partial charge is 0.0625 e. The van der Waals surface area contributed by atoms with Gasteiger partial charge in [0.1, 0.15) is 0 Å². The molecule has 0 spiro atoms. The molecule has 0 bridgehead atoms. The van der Waals surface area contributed by atoms with Crippen LogP contribution in [0.2, 0.25) is 0 Å². The van der Waals surface area contributed by atoms with Gasteiger partial charge >= 0.3 is 0 Å². The lowest BCUT2D eigenvalue weighted by Gasteiger charge is -2.39. The Morgan fingerprint density at radius 1 is 1.50 bits per heavy atom. The zero-order valence-corrected chi connectivity index (χ0v) is 9.45. The molecule has 1 aliphatic rings. The predicted molar refractivity (Wildman–Crippen MR) is 57.9 cm³/mol. The lowest BCUT2D eigenvalue weighted by molar-refractivity contribution is 0.116. The molecule has 0 aromatic rings. The number of rotatable bonds is 3. The Hall–Kier alpha value is -0.590. The largest absolute Gasteiger partial charge is 0.316 e. The van der Waals surface area contributed by atoms with Crippen molar-refractivity contribution >= 4 is 0 Å². The van der Waals surface area contributed by atoms with Crippen molar-refractivity contribution in [2.45, 2.75) is 38.8 Å². The number of piperidine rings is 1. The first-order valence-corrected chi connectivity index (χ1v) is 5.45. The summed E-state index contributed by atoms with van der Waals surface area (Å²) < 4.78 is 0. The van der Waals surface area contributed by atoms with Crippen LogP contribution in [0.15, 0.2) is 0 Å². The summed E-state index contributed by atoms with van der Waals surface area (Å²) in [6.07, 6.45) is 1.84. The highest BCUT2D eigenvalue weighted by atomic mass is 15.2. The van der Waals surface area contributed by atoms with Gasteiger partial charge in [0.05, 0.1) is 6.07 Å². The molecular weight excluding hydrogens is 174 g/mol. The summed E-state index contributed by atoms with van der Waals surface area (Å²) in [6.45, 7) is 6.66. The Kier molecular flexibility index (Phi) is 4.37. The van der Waals surface area contributed by atoms with E-state index in [2.05, 4.69) is 30.1 Å². The van der Waals surface area contributed by atoms with Gasteiger partial charge in [0.15, 0.2) is 0 Å². The monoisotopic (exact) mass is 195 g/mol. The van der Waals surface area contributed by atoms with E-state index >= 15 is 0 Å². The molecule has 1 N–H and O–H groups in total. The fourth-order valence-electron chi connectivity index (χ4n) is 2.15. The van der Waals surface area contributed by atoms with Crippen molar-refractivity contribution in [3.05, 3.63) is 0 Å². The van der Waals surface area contributed by atoms with E-state index in [1.165, 1.54) is 0 Å². The normalized spacial score (nSPS) is 29.1. The van der Waals surface area contributed by atoms with Crippen LogP contribution in [-0.2, 0) is 0 Å². The minimum atomic E-state index is 0.550. The Balaban J connectivity index is 2.53. The van der Waals surface area contributed by atoms with Crippen LogP contribution < -0.4 is 5.32 Å². The van der Waals surface area contributed by atoms with Crippen LogP contribution >= 0.6 is 0 Å². The molecule has 1 heterocycles. The van der Waals surface area contributed by atoms with Gasteiger partial charge in [-0.2, -0.15) is 5.26 Å². The Morgan fingerprint density at radius 2 is 2.21 bits per heavy atom. The fraction of sp³-hybridized carbons (Fsp3) is 0.909. The van der Waals surface area contributed by atoms with Gasteiger partial charge in [-0.1, -0.05) is 0 Å². The van der Waals surface area contributed by atoms with E-state index in [1.807, 2.05) is 7.05 Å². The quantitative estimate of drug-likeness (QED) is 0.736. The summed E-state index contributed by atoms with van der Waals surface area (Å²) in [5, 5.41) is 12.0. The highest BCUT2D eigenvalue weighted by molar-refractivity contribution is 4.88. The Morgan fingerprint density at radius 3 is 2.71 bits per heavy atom. The zero-order chi connectivity index (χ0) is 10.6. The van der Waals surface area contributed by atoms with E-state index in [0.717, 1.165) is 19.5 Å². The van der Waals surface area contributed by atoms with Crippen molar-refractivity contribution in [1.29, 1.82) is 5.26 Å². The molecule has 0 aliphatic carbocycles. The number of hydrogen-bond donors (Lipinski definition) is 1. The molecule has 14 heavy (non-hydrogen) atoms. The average Bonchev–Trinajstić information content (AvgIpc) is 2.17. The fourth-order valence-corrected chi connectivity index (χ4v) is 2.15. The van der Waals surface area contributed by atoms with Gasteiger partial charge in [-0.25, -0.2) is 0 Å². The van der Waals surface area contributed by atoms with Crippen LogP contribution in [0.25, 0.3) is 0 Å². The predicted octanol–water partition coefficient (Wildman–Crippen LogP) is 1.22. The van der Waals surface area contributed by atoms with Crippen molar-refractivity contribution < 1.29 is 0 Å². The Labute approximate surface area is 87.1 Å². The van der Waals surface area contributed by atoms with Crippen LogP contribution in [0, 0.1) is 17.2 Å². The summed E-state index contributed by atoms with van der Waals surface area (Å²) >= 11 is 0. The molecule has 80 valence electrons. The van der Waals surface area contributed by atoms with Crippen LogP contribution in [0.1, 0.15) is 26.7 Å². The molecule has 0 unspecified atom stereocenters. The molecule has 2 atom stereocenters. The maximum Gasteiger partial charge on any atom is 0.0625 e. The lowest BCUT2D eigenvalue weighted by Crippen LogP contribution is -2.50. The van der Waals surface area contributed by atoms with E-state index < -0.39 is 0 Å². The summed E-state index contributed by atoms with van der Waals surface area (Å²) in [6, 6.07) is 3.44. The van der Waals surface area contributed by atoms with E-state index in [4.69, 9.17) is 5.26 Å². The van der Waals surface area contributed by atoms with Crippen molar-refractivity contribution in [1.82, 2.24) is 10.2 Å². The zero-order valence-electron chi connectivity index (χ0n) is 9.45. The molecule has 0 saturated carbocycles. The molecule has 3 nitrogen and oxygen atoms in total. The Bertz CT molecular complexity index is 207. The molecular formula is C11H21N3. The first kappa shape index (κ1) is 11.5. The summed E-state index contributed by atoms with van der Waals surface area (Å²) in [7, 11) is 2.01. The lowest BCUT2D eigenvalue weighted by atomic mass is 9.91. The average molecular weight is 195 g/mol. The van der Waals surface area contributed by atoms with Crippen molar-refractivity contribution in [3.63, 3.8) is 0 Å². The van der Waals surface area contributed by atoms with Gasteiger partial charge < -0.3 is 5.32 Å². The molecule has 3 heteroatoms. The second-order valence-corrected chi connectivity index (χ2v) is 4.50. The van der Waals surface area contributed by atoms with E-state index in [1.54, 1.807) is 0 Å². The highest BCUT2D eigenvalue weighted by Gasteiger charge is 2.27. The van der Waals surface area contributed by atoms with Gasteiger partial charge in [0.2, 0.25) is 0 Å². The molecule has 1 saturated heterocycles. The second kappa shape index (κ2) is 5.33. The SMILES string of the molecule is CN[C@@H]1C[C@@H](CC#N)CN(C(C)C)C1. The van der Waals surface area contributed by atoms with Crippen molar-refractivity contribution in [2.75, 3.05) is 20.1 Å². The van der Waals surface area contributed by atoms with Crippen LogP contribution in [0.5, 0.6) is 0 Å².